The normalized spacial score (nSPS) is 14.6. The van der Waals surface area contributed by atoms with Crippen LogP contribution in [0, 0.1) is 5.92 Å². The second-order valence-electron chi connectivity index (χ2n) is 15.0. The molecule has 0 aromatic rings. The summed E-state index contributed by atoms with van der Waals surface area (Å²) in [7, 11) is 1.02. The van der Waals surface area contributed by atoms with Crippen LogP contribution in [0.4, 0.5) is 0 Å². The van der Waals surface area contributed by atoms with Crippen LogP contribution in [0.1, 0.15) is 175 Å². The number of aliphatic hydroxyl groups is 1. The molecule has 0 amide bonds. The SMILES string of the molecule is CCCCCCCCCCCCCCCCCC(=O)OC[C@@H](O)COP(=O)(O)OC(C[N+](C)(C)C)C(=O)C(CCCCC)CCCCC. The van der Waals surface area contributed by atoms with Gasteiger partial charge in [0.25, 0.3) is 0 Å². The van der Waals surface area contributed by atoms with Crippen LogP contribution < -0.4 is 0 Å². The summed E-state index contributed by atoms with van der Waals surface area (Å²) in [5, 5.41) is 10.3. The molecule has 9 nitrogen and oxygen atoms in total. The summed E-state index contributed by atoms with van der Waals surface area (Å²) in [4.78, 5) is 36.3. The molecule has 3 atom stereocenters. The lowest BCUT2D eigenvalue weighted by atomic mass is 9.88. The Labute approximate surface area is 295 Å². The second kappa shape index (κ2) is 29.9. The van der Waals surface area contributed by atoms with Gasteiger partial charge in [0, 0.05) is 12.3 Å². The first-order valence-electron chi connectivity index (χ1n) is 19.7. The van der Waals surface area contributed by atoms with Crippen LogP contribution in [0.15, 0.2) is 0 Å². The average Bonchev–Trinajstić information content (AvgIpc) is 3.02. The smallest absolute Gasteiger partial charge is 0.463 e. The molecule has 0 aliphatic carbocycles. The fraction of sp³-hybridized carbons (Fsp3) is 0.947. The van der Waals surface area contributed by atoms with Crippen molar-refractivity contribution in [1.82, 2.24) is 0 Å². The zero-order valence-corrected chi connectivity index (χ0v) is 33.0. The van der Waals surface area contributed by atoms with Gasteiger partial charge in [-0.2, -0.15) is 0 Å². The van der Waals surface area contributed by atoms with E-state index < -0.39 is 32.6 Å². The molecule has 0 saturated carbocycles. The molecule has 0 radical (unpaired) electrons. The number of nitrogens with zero attached hydrogens (tertiary/aromatic N) is 1. The zero-order valence-electron chi connectivity index (χ0n) is 32.1. The first kappa shape index (κ1) is 47.2. The molecule has 10 heteroatoms. The third-order valence-electron chi connectivity index (χ3n) is 8.86. The van der Waals surface area contributed by atoms with Crippen molar-refractivity contribution in [2.45, 2.75) is 187 Å². The van der Waals surface area contributed by atoms with Crippen molar-refractivity contribution in [1.29, 1.82) is 0 Å². The highest BCUT2D eigenvalue weighted by Crippen LogP contribution is 2.45. The molecule has 0 fully saturated rings. The molecule has 0 heterocycles. The second-order valence-corrected chi connectivity index (χ2v) is 16.4. The molecule has 0 rings (SSSR count). The largest absolute Gasteiger partial charge is 0.473 e. The maximum atomic E-state index is 13.6. The summed E-state index contributed by atoms with van der Waals surface area (Å²) < 4.78 is 29.0. The monoisotopic (exact) mass is 707 g/mol. The lowest BCUT2D eigenvalue weighted by molar-refractivity contribution is -0.872. The van der Waals surface area contributed by atoms with Crippen molar-refractivity contribution < 1.29 is 42.4 Å². The van der Waals surface area contributed by atoms with Crippen molar-refractivity contribution in [3.8, 4) is 0 Å². The van der Waals surface area contributed by atoms with Crippen molar-refractivity contribution >= 4 is 19.6 Å². The van der Waals surface area contributed by atoms with E-state index in [1.165, 1.54) is 77.0 Å². The topological polar surface area (TPSA) is 119 Å². The summed E-state index contributed by atoms with van der Waals surface area (Å²) in [6.45, 7) is 5.81. The predicted molar refractivity (Wildman–Crippen MR) is 197 cm³/mol. The van der Waals surface area contributed by atoms with E-state index in [1.54, 1.807) is 0 Å². The van der Waals surface area contributed by atoms with Gasteiger partial charge < -0.3 is 19.2 Å². The molecule has 0 bridgehead atoms. The molecule has 0 aromatic heterocycles. The number of phosphoric acid groups is 1. The molecule has 286 valence electrons. The van der Waals surface area contributed by atoms with E-state index >= 15 is 0 Å². The maximum absolute atomic E-state index is 13.6. The highest BCUT2D eigenvalue weighted by Gasteiger charge is 2.38. The average molecular weight is 707 g/mol. The number of phosphoric ester groups is 1. The summed E-state index contributed by atoms with van der Waals surface area (Å²) in [6.07, 6.45) is 24.1. The summed E-state index contributed by atoms with van der Waals surface area (Å²) >= 11 is 0. The van der Waals surface area contributed by atoms with E-state index in [-0.39, 0.29) is 31.3 Å². The number of Topliss-reactive ketones (excluding diaryl/α,β-unsaturated/α-hetero) is 1. The first-order chi connectivity index (χ1) is 22.8. The number of ether oxygens (including phenoxy) is 1. The third-order valence-corrected chi connectivity index (χ3v) is 9.85. The van der Waals surface area contributed by atoms with E-state index in [4.69, 9.17) is 13.8 Å². The zero-order chi connectivity index (χ0) is 36.1. The Morgan fingerprint density at radius 3 is 1.50 bits per heavy atom. The van der Waals surface area contributed by atoms with E-state index in [1.807, 2.05) is 21.1 Å². The fourth-order valence-electron chi connectivity index (χ4n) is 5.97. The lowest BCUT2D eigenvalue weighted by Crippen LogP contribution is -2.47. The number of carbonyl (C=O) groups is 2. The minimum Gasteiger partial charge on any atom is -0.463 e. The summed E-state index contributed by atoms with van der Waals surface area (Å²) in [5.74, 6) is -0.812. The number of quaternary nitrogens is 1. The van der Waals surface area contributed by atoms with Crippen LogP contribution in [0.3, 0.4) is 0 Å². The summed E-state index contributed by atoms with van der Waals surface area (Å²) in [5.41, 5.74) is 0. The van der Waals surface area contributed by atoms with Gasteiger partial charge in [0.2, 0.25) is 0 Å². The molecular formula is C38H77NO8P+. The van der Waals surface area contributed by atoms with Crippen LogP contribution in [-0.2, 0) is 27.9 Å². The number of carbonyl (C=O) groups excluding carboxylic acids is 2. The van der Waals surface area contributed by atoms with Crippen molar-refractivity contribution in [3.63, 3.8) is 0 Å². The molecule has 0 aliphatic rings. The van der Waals surface area contributed by atoms with Gasteiger partial charge in [-0.25, -0.2) is 4.57 Å². The van der Waals surface area contributed by atoms with E-state index in [0.29, 0.717) is 4.48 Å². The van der Waals surface area contributed by atoms with Crippen molar-refractivity contribution in [2.24, 2.45) is 5.92 Å². The van der Waals surface area contributed by atoms with Gasteiger partial charge >= 0.3 is 13.8 Å². The maximum Gasteiger partial charge on any atom is 0.473 e. The van der Waals surface area contributed by atoms with Gasteiger partial charge in [-0.15, -0.1) is 0 Å². The van der Waals surface area contributed by atoms with Crippen LogP contribution >= 0.6 is 7.82 Å². The number of hydrogen-bond acceptors (Lipinski definition) is 7. The fourth-order valence-corrected chi connectivity index (χ4v) is 6.88. The highest BCUT2D eigenvalue weighted by molar-refractivity contribution is 7.47. The number of unbranched alkanes of at least 4 members (excludes halogenated alkanes) is 18. The third kappa shape index (κ3) is 29.0. The van der Waals surface area contributed by atoms with Gasteiger partial charge in [-0.1, -0.05) is 149 Å². The molecule has 48 heavy (non-hydrogen) atoms. The van der Waals surface area contributed by atoms with Crippen LogP contribution in [0.5, 0.6) is 0 Å². The lowest BCUT2D eigenvalue weighted by Gasteiger charge is -2.31. The minimum absolute atomic E-state index is 0.165. The molecular weight excluding hydrogens is 629 g/mol. The van der Waals surface area contributed by atoms with Gasteiger partial charge in [0.15, 0.2) is 11.9 Å². The van der Waals surface area contributed by atoms with E-state index in [2.05, 4.69) is 20.8 Å². The minimum atomic E-state index is -4.67. The van der Waals surface area contributed by atoms with Crippen molar-refractivity contribution in [2.75, 3.05) is 40.9 Å². The Bertz CT molecular complexity index is 824. The van der Waals surface area contributed by atoms with Crippen LogP contribution in [0.25, 0.3) is 0 Å². The summed E-state index contributed by atoms with van der Waals surface area (Å²) in [6, 6.07) is 0. The highest BCUT2D eigenvalue weighted by atomic mass is 31.2. The molecule has 0 saturated heterocycles. The molecule has 2 unspecified atom stereocenters. The predicted octanol–water partition coefficient (Wildman–Crippen LogP) is 9.71. The first-order valence-corrected chi connectivity index (χ1v) is 21.2. The Morgan fingerprint density at radius 2 is 1.06 bits per heavy atom. The van der Waals surface area contributed by atoms with Crippen LogP contribution in [-0.4, -0.2) is 79.3 Å². The molecule has 2 N–H and O–H groups in total. The standard InChI is InChI=1S/C38H76NO8P/c1-7-10-13-14-15-16-17-18-19-20-21-22-23-24-27-30-37(41)45-32-35(40)33-46-48(43,44)47-36(31-39(4,5)6)38(42)34(28-25-11-8-2)29-26-12-9-3/h34-36,40H,7-33H2,1-6H3/p+1/t35-,36?/m1/s1. The Morgan fingerprint density at radius 1 is 0.646 bits per heavy atom. The van der Waals surface area contributed by atoms with Crippen molar-refractivity contribution in [3.05, 3.63) is 0 Å². The van der Waals surface area contributed by atoms with E-state index in [9.17, 15) is 24.2 Å². The number of hydrogen-bond donors (Lipinski definition) is 2. The quantitative estimate of drug-likeness (QED) is 0.0289. The van der Waals surface area contributed by atoms with E-state index in [0.717, 1.165) is 70.6 Å². The molecule has 0 spiro atoms. The number of likely N-dealkylation sites (N-methyl/N-ethyl adjacent to an activating group) is 1. The number of rotatable bonds is 35. The van der Waals surface area contributed by atoms with Gasteiger partial charge in [0.1, 0.15) is 19.3 Å². The number of esters is 1. The number of ketones is 1. The molecule has 0 aliphatic heterocycles. The Hall–Kier alpha value is -0.830. The van der Waals surface area contributed by atoms with Crippen LogP contribution in [0.2, 0.25) is 0 Å². The van der Waals surface area contributed by atoms with Gasteiger partial charge in [0.05, 0.1) is 27.7 Å². The Balaban J connectivity index is 4.40. The van der Waals surface area contributed by atoms with Gasteiger partial charge in [-0.3, -0.25) is 18.6 Å². The number of aliphatic hydroxyl groups excluding tert-OH is 1. The molecule has 0 aromatic carbocycles. The Kier molecular flexibility index (Phi) is 29.3. The van der Waals surface area contributed by atoms with Gasteiger partial charge in [-0.05, 0) is 19.3 Å².